The van der Waals surface area contributed by atoms with Gasteiger partial charge in [0, 0.05) is 4.88 Å². The van der Waals surface area contributed by atoms with E-state index in [9.17, 15) is 10.1 Å². The summed E-state index contributed by atoms with van der Waals surface area (Å²) >= 11 is 2.72. The Morgan fingerprint density at radius 1 is 1.37 bits per heavy atom. The van der Waals surface area contributed by atoms with Gasteiger partial charge in [0.05, 0.1) is 17.0 Å². The Bertz CT molecular complexity index is 1130. The van der Waals surface area contributed by atoms with E-state index in [-0.39, 0.29) is 11.7 Å². The molecule has 0 aliphatic heterocycles. The molecule has 3 aromatic rings. The average Bonchev–Trinajstić information content (AvgIpc) is 3.47. The van der Waals surface area contributed by atoms with E-state index in [1.165, 1.54) is 28.0 Å². The Kier molecular flexibility index (Phi) is 6.11. The van der Waals surface area contributed by atoms with E-state index < -0.39 is 0 Å². The number of amides is 1. The van der Waals surface area contributed by atoms with Gasteiger partial charge in [0.1, 0.15) is 11.1 Å². The average molecular weight is 438 g/mol. The lowest BCUT2D eigenvalue weighted by Crippen LogP contribution is -2.14. The molecule has 3 N–H and O–H groups in total. The molecular formula is C20H19N7OS2. The third-order valence-corrected chi connectivity index (χ3v) is 6.66. The summed E-state index contributed by atoms with van der Waals surface area (Å²) in [6, 6.07) is 12.0. The highest BCUT2D eigenvalue weighted by Gasteiger charge is 2.23. The molecule has 0 saturated heterocycles. The number of nitrogens with zero attached hydrogens (tertiary/aromatic N) is 4. The van der Waals surface area contributed by atoms with Gasteiger partial charge in [0.25, 0.3) is 0 Å². The van der Waals surface area contributed by atoms with E-state index in [0.29, 0.717) is 21.7 Å². The quantitative estimate of drug-likeness (QED) is 0.294. The lowest BCUT2D eigenvalue weighted by atomic mass is 10.1. The Morgan fingerprint density at radius 2 is 2.20 bits per heavy atom. The Hall–Kier alpha value is -3.16. The van der Waals surface area contributed by atoms with E-state index in [2.05, 4.69) is 37.1 Å². The monoisotopic (exact) mass is 437 g/mol. The van der Waals surface area contributed by atoms with E-state index in [4.69, 9.17) is 0 Å². The molecule has 8 nitrogen and oxygen atoms in total. The number of aryl methyl sites for hydroxylation is 1. The van der Waals surface area contributed by atoms with Crippen molar-refractivity contribution in [2.45, 2.75) is 31.3 Å². The number of aromatic nitrogens is 3. The first-order valence-corrected chi connectivity index (χ1v) is 11.2. The molecule has 0 saturated carbocycles. The van der Waals surface area contributed by atoms with Gasteiger partial charge in [0.2, 0.25) is 17.0 Å². The topological polar surface area (TPSA) is 119 Å². The van der Waals surface area contributed by atoms with Crippen LogP contribution in [0.15, 0.2) is 40.6 Å². The maximum Gasteiger partial charge on any atom is 0.240 e. The first-order valence-electron chi connectivity index (χ1n) is 9.39. The number of carbonyl (C=O) groups is 1. The first-order chi connectivity index (χ1) is 14.6. The molecule has 0 spiro atoms. The number of carbonyl (C=O) groups excluding carboxylic acids is 1. The fraction of sp³-hybridized carbons (Fsp3) is 0.250. The summed E-state index contributed by atoms with van der Waals surface area (Å²) in [4.78, 5) is 17.8. The number of rotatable bonds is 7. The summed E-state index contributed by atoms with van der Waals surface area (Å²) in [5.41, 5.74) is 6.37. The number of nitriles is 1. The van der Waals surface area contributed by atoms with Crippen molar-refractivity contribution in [2.75, 3.05) is 16.5 Å². The highest BCUT2D eigenvalue weighted by atomic mass is 32.2. The number of H-pyrrole nitrogens is 1. The number of thiophene rings is 1. The third kappa shape index (κ3) is 4.53. The Morgan fingerprint density at radius 3 is 3.00 bits per heavy atom. The predicted molar refractivity (Wildman–Crippen MR) is 119 cm³/mol. The normalized spacial score (nSPS) is 13.0. The molecule has 0 bridgehead atoms. The number of aromatic amines is 1. The van der Waals surface area contributed by atoms with Crippen LogP contribution in [-0.4, -0.2) is 32.6 Å². The van der Waals surface area contributed by atoms with E-state index in [1.54, 1.807) is 0 Å². The summed E-state index contributed by atoms with van der Waals surface area (Å²) in [5.74, 6) is 0.361. The number of anilines is 2. The van der Waals surface area contributed by atoms with Gasteiger partial charge in [-0.25, -0.2) is 10.5 Å². The largest absolute Gasteiger partial charge is 0.316 e. The molecule has 30 heavy (non-hydrogen) atoms. The van der Waals surface area contributed by atoms with Gasteiger partial charge >= 0.3 is 0 Å². The summed E-state index contributed by atoms with van der Waals surface area (Å²) in [7, 11) is 0. The lowest BCUT2D eigenvalue weighted by Gasteiger charge is -2.02. The van der Waals surface area contributed by atoms with Crippen LogP contribution in [0.4, 0.5) is 10.9 Å². The molecule has 1 aliphatic carbocycles. The van der Waals surface area contributed by atoms with Crippen molar-refractivity contribution in [2.24, 2.45) is 5.10 Å². The maximum absolute atomic E-state index is 12.3. The molecule has 1 amide bonds. The molecule has 10 heteroatoms. The minimum absolute atomic E-state index is 0.150. The maximum atomic E-state index is 12.3. The van der Waals surface area contributed by atoms with Crippen LogP contribution in [0.1, 0.15) is 34.9 Å². The van der Waals surface area contributed by atoms with Crippen LogP contribution in [0.25, 0.3) is 0 Å². The highest BCUT2D eigenvalue weighted by Crippen LogP contribution is 2.38. The van der Waals surface area contributed by atoms with Crippen LogP contribution in [-0.2, 0) is 17.6 Å². The van der Waals surface area contributed by atoms with Gasteiger partial charge in [-0.1, -0.05) is 42.1 Å². The minimum atomic E-state index is -0.186. The summed E-state index contributed by atoms with van der Waals surface area (Å²) in [6.45, 7) is 1.90. The van der Waals surface area contributed by atoms with Crippen LogP contribution in [0.2, 0.25) is 0 Å². The first kappa shape index (κ1) is 20.1. The second-order valence-corrected chi connectivity index (χ2v) is 8.70. The van der Waals surface area contributed by atoms with Gasteiger partial charge in [-0.2, -0.15) is 15.3 Å². The van der Waals surface area contributed by atoms with Crippen molar-refractivity contribution in [1.82, 2.24) is 15.2 Å². The molecule has 2 heterocycles. The molecule has 0 unspecified atom stereocenters. The number of fused-ring (bicyclic) bond motifs is 1. The van der Waals surface area contributed by atoms with Crippen molar-refractivity contribution in [3.63, 3.8) is 0 Å². The number of hydrogen-bond acceptors (Lipinski definition) is 8. The van der Waals surface area contributed by atoms with Crippen LogP contribution in [0.5, 0.6) is 0 Å². The van der Waals surface area contributed by atoms with Gasteiger partial charge in [-0.15, -0.1) is 16.4 Å². The van der Waals surface area contributed by atoms with Gasteiger partial charge < -0.3 is 5.32 Å². The molecule has 2 aromatic heterocycles. The predicted octanol–water partition coefficient (Wildman–Crippen LogP) is 3.79. The molecule has 0 radical (unpaired) electrons. The summed E-state index contributed by atoms with van der Waals surface area (Å²) in [5, 5.41) is 24.5. The standard InChI is InChI=1S/C20H19N7OS2/c1-12(13-6-3-2-4-7-13)24-25-19-23-20(27-26-19)29-11-17(28)22-18-15(10-21)14-8-5-9-16(14)30-18/h2-4,6-7H,5,8-9,11H2,1H3,(H,22,28)(H2,23,25,26,27)/b24-12-. The fourth-order valence-corrected chi connectivity index (χ4v) is 5.00. The summed E-state index contributed by atoms with van der Waals surface area (Å²) < 4.78 is 0. The molecule has 0 fully saturated rings. The minimum Gasteiger partial charge on any atom is -0.316 e. The number of thioether (sulfide) groups is 1. The lowest BCUT2D eigenvalue weighted by molar-refractivity contribution is -0.113. The van der Waals surface area contributed by atoms with Gasteiger partial charge in [-0.3, -0.25) is 4.79 Å². The van der Waals surface area contributed by atoms with Gasteiger partial charge in [0.15, 0.2) is 0 Å². The molecule has 1 aliphatic rings. The van der Waals surface area contributed by atoms with Crippen LogP contribution >= 0.6 is 23.1 Å². The number of benzene rings is 1. The van der Waals surface area contributed by atoms with E-state index in [1.807, 2.05) is 37.3 Å². The van der Waals surface area contributed by atoms with Crippen molar-refractivity contribution in [3.8, 4) is 6.07 Å². The molecule has 4 rings (SSSR count). The van der Waals surface area contributed by atoms with Crippen molar-refractivity contribution < 1.29 is 4.79 Å². The SMILES string of the molecule is C/C(=N/Nc1nc(SCC(=O)Nc2sc3c(c2C#N)CCC3)n[nH]1)c1ccccc1. The zero-order chi connectivity index (χ0) is 20.9. The molecule has 152 valence electrons. The Labute approximate surface area is 181 Å². The zero-order valence-corrected chi connectivity index (χ0v) is 17.9. The third-order valence-electron chi connectivity index (χ3n) is 4.60. The zero-order valence-electron chi connectivity index (χ0n) is 16.2. The van der Waals surface area contributed by atoms with Crippen LogP contribution in [0.3, 0.4) is 0 Å². The number of hydrazone groups is 1. The second-order valence-electron chi connectivity index (χ2n) is 6.65. The number of nitrogens with one attached hydrogen (secondary N) is 3. The van der Waals surface area contributed by atoms with Crippen LogP contribution < -0.4 is 10.7 Å². The smallest absolute Gasteiger partial charge is 0.240 e. The van der Waals surface area contributed by atoms with Crippen LogP contribution in [0, 0.1) is 11.3 Å². The van der Waals surface area contributed by atoms with Crippen molar-refractivity contribution in [1.29, 1.82) is 5.26 Å². The van der Waals surface area contributed by atoms with Gasteiger partial charge in [-0.05, 0) is 37.3 Å². The second kappa shape index (κ2) is 9.11. The van der Waals surface area contributed by atoms with E-state index in [0.717, 1.165) is 36.1 Å². The highest BCUT2D eigenvalue weighted by molar-refractivity contribution is 7.99. The number of hydrogen-bond donors (Lipinski definition) is 3. The summed E-state index contributed by atoms with van der Waals surface area (Å²) in [6.07, 6.45) is 2.98. The molecule has 0 atom stereocenters. The molecular weight excluding hydrogens is 418 g/mol. The molecule has 1 aromatic carbocycles. The van der Waals surface area contributed by atoms with E-state index >= 15 is 0 Å². The Balaban J connectivity index is 1.30. The fourth-order valence-electron chi connectivity index (χ4n) is 3.15. The van der Waals surface area contributed by atoms with Crippen molar-refractivity contribution in [3.05, 3.63) is 51.9 Å². The van der Waals surface area contributed by atoms with Crippen molar-refractivity contribution >= 4 is 45.7 Å².